The van der Waals surface area contributed by atoms with E-state index in [2.05, 4.69) is 0 Å². The number of rotatable bonds is 4. The molecule has 0 aliphatic carbocycles. The first-order valence-corrected chi connectivity index (χ1v) is 8.96. The summed E-state index contributed by atoms with van der Waals surface area (Å²) in [6.07, 6.45) is 3.73. The number of amides is 2. The molecule has 2 amide bonds. The Bertz CT molecular complexity index is 597. The van der Waals surface area contributed by atoms with E-state index in [1.807, 2.05) is 41.0 Å². The van der Waals surface area contributed by atoms with E-state index in [-0.39, 0.29) is 17.9 Å². The fraction of sp³-hybridized carbons (Fsp3) is 0.579. The lowest BCUT2D eigenvalue weighted by atomic mass is 9.92. The van der Waals surface area contributed by atoms with Crippen molar-refractivity contribution in [3.63, 3.8) is 0 Å². The number of nitrogens with two attached hydrogens (primary N) is 1. The third-order valence-electron chi connectivity index (χ3n) is 5.23. The zero-order chi connectivity index (χ0) is 17.1. The second-order valence-electron chi connectivity index (χ2n) is 7.13. The molecule has 2 aliphatic heterocycles. The molecule has 0 aromatic heterocycles. The molecule has 3 rings (SSSR count). The number of nitrogens with zero attached hydrogens (tertiary/aromatic N) is 2. The minimum Gasteiger partial charge on any atom is -0.338 e. The Balaban J connectivity index is 1.62. The number of likely N-dealkylation sites (tertiary alicyclic amines) is 2. The van der Waals surface area contributed by atoms with Gasteiger partial charge in [-0.25, -0.2) is 0 Å². The Morgan fingerprint density at radius 1 is 1.25 bits per heavy atom. The molecule has 1 aromatic carbocycles. The average Bonchev–Trinajstić information content (AvgIpc) is 3.00. The molecular weight excluding hydrogens is 302 g/mol. The van der Waals surface area contributed by atoms with Crippen LogP contribution in [0.25, 0.3) is 0 Å². The zero-order valence-electron chi connectivity index (χ0n) is 14.4. The molecule has 24 heavy (non-hydrogen) atoms. The van der Waals surface area contributed by atoms with Crippen molar-refractivity contribution in [2.24, 2.45) is 11.7 Å². The van der Waals surface area contributed by atoms with Crippen LogP contribution in [0, 0.1) is 5.92 Å². The smallest absolute Gasteiger partial charge is 0.253 e. The van der Waals surface area contributed by atoms with Crippen LogP contribution in [0.5, 0.6) is 0 Å². The largest absolute Gasteiger partial charge is 0.338 e. The van der Waals surface area contributed by atoms with Crippen molar-refractivity contribution in [2.75, 3.05) is 19.6 Å². The van der Waals surface area contributed by atoms with Crippen molar-refractivity contribution in [3.05, 3.63) is 35.4 Å². The number of carbonyl (C=O) groups excluding carboxylic acids is 2. The van der Waals surface area contributed by atoms with Gasteiger partial charge in [-0.15, -0.1) is 0 Å². The fourth-order valence-corrected chi connectivity index (χ4v) is 3.65. The van der Waals surface area contributed by atoms with Crippen LogP contribution in [0.3, 0.4) is 0 Å². The minimum atomic E-state index is 0.0872. The predicted octanol–water partition coefficient (Wildman–Crippen LogP) is 2.01. The first-order chi connectivity index (χ1) is 11.5. The van der Waals surface area contributed by atoms with Gasteiger partial charge in [-0.05, 0) is 49.8 Å². The van der Waals surface area contributed by atoms with Crippen molar-refractivity contribution in [1.29, 1.82) is 0 Å². The Morgan fingerprint density at radius 3 is 2.62 bits per heavy atom. The van der Waals surface area contributed by atoms with Crippen LogP contribution in [0.2, 0.25) is 0 Å². The summed E-state index contributed by atoms with van der Waals surface area (Å²) in [5, 5.41) is 0. The first kappa shape index (κ1) is 17.0. The summed E-state index contributed by atoms with van der Waals surface area (Å²) in [5.41, 5.74) is 7.80. The normalized spacial score (nSPS) is 22.8. The lowest BCUT2D eigenvalue weighted by Crippen LogP contribution is -2.45. The number of hydrogen-bond acceptors (Lipinski definition) is 3. The first-order valence-electron chi connectivity index (χ1n) is 8.96. The summed E-state index contributed by atoms with van der Waals surface area (Å²) >= 11 is 0. The van der Waals surface area contributed by atoms with E-state index in [1.54, 1.807) is 0 Å². The van der Waals surface area contributed by atoms with Crippen molar-refractivity contribution in [1.82, 2.24) is 9.80 Å². The molecule has 2 saturated heterocycles. The highest BCUT2D eigenvalue weighted by Gasteiger charge is 2.26. The molecule has 2 aliphatic rings. The molecule has 0 saturated carbocycles. The second-order valence-corrected chi connectivity index (χ2v) is 7.13. The van der Waals surface area contributed by atoms with Gasteiger partial charge in [-0.1, -0.05) is 12.1 Å². The van der Waals surface area contributed by atoms with E-state index in [1.165, 1.54) is 0 Å². The van der Waals surface area contributed by atoms with E-state index in [0.717, 1.165) is 50.0 Å². The van der Waals surface area contributed by atoms with Gasteiger partial charge in [-0.3, -0.25) is 9.59 Å². The maximum Gasteiger partial charge on any atom is 0.253 e. The predicted molar refractivity (Wildman–Crippen MR) is 93.4 cm³/mol. The monoisotopic (exact) mass is 329 g/mol. The van der Waals surface area contributed by atoms with Gasteiger partial charge in [0.1, 0.15) is 0 Å². The van der Waals surface area contributed by atoms with Crippen molar-refractivity contribution >= 4 is 11.8 Å². The van der Waals surface area contributed by atoms with Crippen LogP contribution in [-0.4, -0.2) is 47.3 Å². The summed E-state index contributed by atoms with van der Waals surface area (Å²) in [6, 6.07) is 7.82. The van der Waals surface area contributed by atoms with E-state index >= 15 is 0 Å². The highest BCUT2D eigenvalue weighted by molar-refractivity contribution is 5.94. The fourth-order valence-electron chi connectivity index (χ4n) is 3.65. The van der Waals surface area contributed by atoms with Crippen LogP contribution in [0.4, 0.5) is 0 Å². The Morgan fingerprint density at radius 2 is 2.00 bits per heavy atom. The topological polar surface area (TPSA) is 66.6 Å². The molecule has 2 N–H and O–H groups in total. The van der Waals surface area contributed by atoms with Crippen LogP contribution in [0.1, 0.15) is 48.5 Å². The molecule has 0 spiro atoms. The number of carbonyl (C=O) groups is 2. The van der Waals surface area contributed by atoms with Gasteiger partial charge >= 0.3 is 0 Å². The maximum atomic E-state index is 12.7. The van der Waals surface area contributed by atoms with Crippen molar-refractivity contribution < 1.29 is 9.59 Å². The Labute approximate surface area is 143 Å². The summed E-state index contributed by atoms with van der Waals surface area (Å²) < 4.78 is 0. The zero-order valence-corrected chi connectivity index (χ0v) is 14.4. The molecule has 130 valence electrons. The molecule has 1 aromatic rings. The van der Waals surface area contributed by atoms with Crippen LogP contribution >= 0.6 is 0 Å². The molecule has 2 heterocycles. The van der Waals surface area contributed by atoms with E-state index in [9.17, 15) is 9.59 Å². The van der Waals surface area contributed by atoms with Crippen LogP contribution in [-0.2, 0) is 11.3 Å². The van der Waals surface area contributed by atoms with E-state index in [0.29, 0.717) is 18.9 Å². The van der Waals surface area contributed by atoms with Gasteiger partial charge in [0.15, 0.2) is 0 Å². The quantitative estimate of drug-likeness (QED) is 0.919. The lowest BCUT2D eigenvalue weighted by molar-refractivity contribution is -0.128. The summed E-state index contributed by atoms with van der Waals surface area (Å²) in [5.74, 6) is 0.706. The van der Waals surface area contributed by atoms with Crippen molar-refractivity contribution in [3.8, 4) is 0 Å². The maximum absolute atomic E-state index is 12.7. The third kappa shape index (κ3) is 3.78. The third-order valence-corrected chi connectivity index (χ3v) is 5.23. The van der Waals surface area contributed by atoms with Gasteiger partial charge in [0, 0.05) is 44.2 Å². The van der Waals surface area contributed by atoms with Gasteiger partial charge in [0.05, 0.1) is 0 Å². The minimum absolute atomic E-state index is 0.0872. The van der Waals surface area contributed by atoms with Crippen LogP contribution in [0.15, 0.2) is 24.3 Å². The van der Waals surface area contributed by atoms with E-state index in [4.69, 9.17) is 5.73 Å². The highest BCUT2D eigenvalue weighted by atomic mass is 16.2. The summed E-state index contributed by atoms with van der Waals surface area (Å²) in [7, 11) is 0. The number of benzene rings is 1. The molecule has 0 bridgehead atoms. The average molecular weight is 329 g/mol. The molecule has 2 atom stereocenters. The lowest BCUT2D eigenvalue weighted by Gasteiger charge is -2.34. The Hall–Kier alpha value is -1.88. The molecule has 2 unspecified atom stereocenters. The van der Waals surface area contributed by atoms with Gasteiger partial charge in [-0.2, -0.15) is 0 Å². The molecule has 5 heteroatoms. The van der Waals surface area contributed by atoms with E-state index < -0.39 is 0 Å². The molecule has 2 fully saturated rings. The molecular formula is C19H27N3O2. The van der Waals surface area contributed by atoms with Crippen molar-refractivity contribution in [2.45, 2.75) is 45.2 Å². The number of piperidine rings is 1. The highest BCUT2D eigenvalue weighted by Crippen LogP contribution is 2.21. The molecule has 5 nitrogen and oxygen atoms in total. The summed E-state index contributed by atoms with van der Waals surface area (Å²) in [4.78, 5) is 28.2. The van der Waals surface area contributed by atoms with Crippen LogP contribution < -0.4 is 5.73 Å². The molecule has 0 radical (unpaired) electrons. The Kier molecular flexibility index (Phi) is 5.19. The standard InChI is InChI=1S/C19H27N3O2/c1-14(20)17-4-2-11-22(13-17)19(24)16-8-6-15(7-9-16)12-21-10-3-5-18(21)23/h6-9,14,17H,2-5,10-13,20H2,1H3. The van der Waals surface area contributed by atoms with Gasteiger partial charge < -0.3 is 15.5 Å². The second kappa shape index (κ2) is 7.34. The van der Waals surface area contributed by atoms with Gasteiger partial charge in [0.25, 0.3) is 5.91 Å². The number of hydrogen-bond donors (Lipinski definition) is 1. The van der Waals surface area contributed by atoms with Gasteiger partial charge in [0.2, 0.25) is 5.91 Å². The summed E-state index contributed by atoms with van der Waals surface area (Å²) in [6.45, 7) is 5.06. The SMILES string of the molecule is CC(N)C1CCCN(C(=O)c2ccc(CN3CCCC3=O)cc2)C1.